The summed E-state index contributed by atoms with van der Waals surface area (Å²) in [5, 5.41) is 3.17. The van der Waals surface area contributed by atoms with Crippen molar-refractivity contribution < 1.29 is 9.53 Å². The number of hydrogen-bond donors (Lipinski definition) is 1. The van der Waals surface area contributed by atoms with Crippen molar-refractivity contribution in [3.8, 4) is 0 Å². The Bertz CT molecular complexity index is 635. The predicted octanol–water partition coefficient (Wildman–Crippen LogP) is 2.91. The van der Waals surface area contributed by atoms with E-state index < -0.39 is 0 Å². The average Bonchev–Trinajstić information content (AvgIpc) is 3.32. The average molecular weight is 381 g/mol. The summed E-state index contributed by atoms with van der Waals surface area (Å²) in [6.45, 7) is 8.25. The van der Waals surface area contributed by atoms with E-state index in [0.717, 1.165) is 38.4 Å². The summed E-state index contributed by atoms with van der Waals surface area (Å²) in [7, 11) is 0. The maximum atomic E-state index is 12.0. The van der Waals surface area contributed by atoms with E-state index in [9.17, 15) is 4.79 Å². The fraction of sp³-hybridized carbons (Fsp3) is 0.737. The van der Waals surface area contributed by atoms with Crippen LogP contribution in [0.15, 0.2) is 12.1 Å². The van der Waals surface area contributed by atoms with Crippen LogP contribution >= 0.6 is 23.1 Å². The van der Waals surface area contributed by atoms with Crippen LogP contribution in [0.3, 0.4) is 0 Å². The lowest BCUT2D eigenvalue weighted by atomic mass is 9.73. The topological polar surface area (TPSA) is 41.6 Å². The summed E-state index contributed by atoms with van der Waals surface area (Å²) >= 11 is 3.59. The molecule has 1 amide bonds. The lowest BCUT2D eigenvalue weighted by Gasteiger charge is -2.29. The number of carbonyl (C=O) groups is 1. The van der Waals surface area contributed by atoms with Gasteiger partial charge in [0.2, 0.25) is 5.91 Å². The number of thioether (sulfide) groups is 1. The molecule has 4 nitrogen and oxygen atoms in total. The maximum absolute atomic E-state index is 12.0. The maximum Gasteiger partial charge on any atom is 0.230 e. The molecule has 0 aromatic carbocycles. The van der Waals surface area contributed by atoms with Gasteiger partial charge in [0.15, 0.2) is 0 Å². The number of likely N-dealkylation sites (tertiary alicyclic amines) is 1. The lowest BCUT2D eigenvalue weighted by molar-refractivity contribution is -0.118. The molecule has 6 heteroatoms. The number of amides is 1. The monoisotopic (exact) mass is 380 g/mol. The lowest BCUT2D eigenvalue weighted by Crippen LogP contribution is -2.42. The van der Waals surface area contributed by atoms with Crippen molar-refractivity contribution in [3.05, 3.63) is 21.9 Å². The Hall–Kier alpha value is -0.560. The number of ether oxygens (including phenoxy) is 1. The summed E-state index contributed by atoms with van der Waals surface area (Å²) in [4.78, 5) is 17.4. The molecule has 1 spiro atoms. The van der Waals surface area contributed by atoms with Crippen molar-refractivity contribution in [2.24, 2.45) is 11.8 Å². The highest BCUT2D eigenvalue weighted by atomic mass is 32.2. The van der Waals surface area contributed by atoms with Crippen molar-refractivity contribution in [2.45, 2.75) is 44.9 Å². The van der Waals surface area contributed by atoms with E-state index >= 15 is 0 Å². The predicted molar refractivity (Wildman–Crippen MR) is 104 cm³/mol. The van der Waals surface area contributed by atoms with Crippen molar-refractivity contribution in [3.63, 3.8) is 0 Å². The van der Waals surface area contributed by atoms with E-state index in [2.05, 4.69) is 36.2 Å². The number of rotatable bonds is 7. The molecule has 0 unspecified atom stereocenters. The molecule has 0 aliphatic carbocycles. The van der Waals surface area contributed by atoms with E-state index in [0.29, 0.717) is 23.7 Å². The van der Waals surface area contributed by atoms with Gasteiger partial charge in [-0.25, -0.2) is 0 Å². The van der Waals surface area contributed by atoms with E-state index in [1.165, 1.54) is 16.2 Å². The van der Waals surface area contributed by atoms with Gasteiger partial charge >= 0.3 is 0 Å². The van der Waals surface area contributed by atoms with Gasteiger partial charge in [0.05, 0.1) is 17.5 Å². The number of aryl methyl sites for hydroxylation is 1. The van der Waals surface area contributed by atoms with Crippen LogP contribution in [0.1, 0.15) is 29.5 Å². The molecule has 1 aromatic heterocycles. The van der Waals surface area contributed by atoms with Crippen molar-refractivity contribution >= 4 is 29.0 Å². The molecule has 4 rings (SSSR count). The Morgan fingerprint density at radius 1 is 1.52 bits per heavy atom. The van der Waals surface area contributed by atoms with Crippen molar-refractivity contribution in [2.75, 3.05) is 31.1 Å². The van der Waals surface area contributed by atoms with Crippen LogP contribution < -0.4 is 5.32 Å². The molecule has 4 atom stereocenters. The molecule has 138 valence electrons. The second kappa shape index (κ2) is 7.22. The van der Waals surface area contributed by atoms with Gasteiger partial charge in [-0.15, -0.1) is 11.3 Å². The minimum absolute atomic E-state index is 0.0601. The number of hydrogen-bond acceptors (Lipinski definition) is 5. The molecule has 0 radical (unpaired) electrons. The first-order chi connectivity index (χ1) is 12.1. The molecule has 3 aliphatic rings. The van der Waals surface area contributed by atoms with Gasteiger partial charge in [0, 0.05) is 47.8 Å². The van der Waals surface area contributed by atoms with E-state index in [-0.39, 0.29) is 11.5 Å². The molecule has 2 bridgehead atoms. The van der Waals surface area contributed by atoms with Gasteiger partial charge in [-0.05, 0) is 37.7 Å². The number of nitrogens with zero attached hydrogens (tertiary/aromatic N) is 1. The molecular weight excluding hydrogens is 352 g/mol. The van der Waals surface area contributed by atoms with E-state index in [4.69, 9.17) is 4.74 Å². The number of fused-ring (bicyclic) bond motifs is 1. The molecule has 3 aliphatic heterocycles. The second-order valence-corrected chi connectivity index (χ2v) is 10.3. The second-order valence-electron chi connectivity index (χ2n) is 7.65. The Kier molecular flexibility index (Phi) is 5.15. The number of carbonyl (C=O) groups excluding carboxylic acids is 1. The van der Waals surface area contributed by atoms with Gasteiger partial charge in [-0.2, -0.15) is 11.8 Å². The van der Waals surface area contributed by atoms with E-state index in [1.807, 2.05) is 11.3 Å². The highest BCUT2D eigenvalue weighted by Gasteiger charge is 2.62. The molecule has 0 saturated carbocycles. The Morgan fingerprint density at radius 2 is 2.40 bits per heavy atom. The van der Waals surface area contributed by atoms with Crippen LogP contribution in [0.4, 0.5) is 0 Å². The SMILES string of the molecule is CCSCC(=O)NC[C@H]1[C@H]2CN(Cc3ccc(C)s3)C[C@]23CC[C@H]1O3. The van der Waals surface area contributed by atoms with Crippen LogP contribution in [0, 0.1) is 18.8 Å². The zero-order valence-electron chi connectivity index (χ0n) is 15.1. The fourth-order valence-electron chi connectivity index (χ4n) is 4.95. The third-order valence-electron chi connectivity index (χ3n) is 6.00. The molecule has 3 fully saturated rings. The Labute approximate surface area is 158 Å². The molecule has 25 heavy (non-hydrogen) atoms. The first-order valence-corrected chi connectivity index (χ1v) is 11.4. The highest BCUT2D eigenvalue weighted by molar-refractivity contribution is 7.99. The van der Waals surface area contributed by atoms with Crippen LogP contribution in [0.5, 0.6) is 0 Å². The van der Waals surface area contributed by atoms with Crippen LogP contribution in [0.25, 0.3) is 0 Å². The van der Waals surface area contributed by atoms with Crippen molar-refractivity contribution in [1.29, 1.82) is 0 Å². The van der Waals surface area contributed by atoms with Gasteiger partial charge in [-0.3, -0.25) is 9.69 Å². The van der Waals surface area contributed by atoms with Crippen LogP contribution in [0.2, 0.25) is 0 Å². The molecule has 3 saturated heterocycles. The minimum Gasteiger partial charge on any atom is -0.370 e. The standard InChI is InChI=1S/C19H28N2O2S2/c1-3-24-11-18(22)20-8-15-16-10-21(9-14-5-4-13(2)25-14)12-19(16)7-6-17(15)23-19/h4-5,15-17H,3,6-12H2,1-2H3,(H,20,22)/t15-,16+,17+,19+/m0/s1. The molecule has 4 heterocycles. The van der Waals surface area contributed by atoms with E-state index in [1.54, 1.807) is 11.8 Å². The first kappa shape index (κ1) is 17.8. The van der Waals surface area contributed by atoms with Crippen LogP contribution in [-0.4, -0.2) is 53.7 Å². The van der Waals surface area contributed by atoms with Crippen LogP contribution in [-0.2, 0) is 16.1 Å². The normalized spacial score (nSPS) is 33.8. The Balaban J connectivity index is 1.36. The third kappa shape index (κ3) is 3.51. The number of nitrogens with one attached hydrogen (secondary N) is 1. The van der Waals surface area contributed by atoms with Gasteiger partial charge in [0.25, 0.3) is 0 Å². The minimum atomic E-state index is 0.0601. The molecular formula is C19H28N2O2S2. The largest absolute Gasteiger partial charge is 0.370 e. The third-order valence-corrected chi connectivity index (χ3v) is 7.86. The zero-order valence-corrected chi connectivity index (χ0v) is 16.8. The van der Waals surface area contributed by atoms with Crippen molar-refractivity contribution in [1.82, 2.24) is 10.2 Å². The zero-order chi connectivity index (χ0) is 17.4. The summed E-state index contributed by atoms with van der Waals surface area (Å²) in [5.74, 6) is 2.80. The summed E-state index contributed by atoms with van der Waals surface area (Å²) < 4.78 is 6.49. The first-order valence-electron chi connectivity index (χ1n) is 9.39. The summed E-state index contributed by atoms with van der Waals surface area (Å²) in [6, 6.07) is 4.47. The summed E-state index contributed by atoms with van der Waals surface area (Å²) in [6.07, 6.45) is 2.71. The molecule has 1 aromatic rings. The van der Waals surface area contributed by atoms with Gasteiger partial charge in [0.1, 0.15) is 0 Å². The smallest absolute Gasteiger partial charge is 0.230 e. The highest BCUT2D eigenvalue weighted by Crippen LogP contribution is 2.54. The van der Waals surface area contributed by atoms with Gasteiger partial charge in [-0.1, -0.05) is 6.92 Å². The Morgan fingerprint density at radius 3 is 3.16 bits per heavy atom. The fourth-order valence-corrected chi connectivity index (χ4v) is 6.37. The number of thiophene rings is 1. The van der Waals surface area contributed by atoms with Gasteiger partial charge < -0.3 is 10.1 Å². The summed E-state index contributed by atoms with van der Waals surface area (Å²) in [5.41, 5.74) is 0.0601. The molecule has 1 N–H and O–H groups in total. The quantitative estimate of drug-likeness (QED) is 0.790.